The molecule has 0 unspecified atom stereocenters. The molecule has 0 radical (unpaired) electrons. The van der Waals surface area contributed by atoms with E-state index in [0.717, 1.165) is 26.7 Å². The highest BCUT2D eigenvalue weighted by Crippen LogP contribution is 2.41. The number of thiazole rings is 1. The number of nitrogens with one attached hydrogen (secondary N) is 1. The summed E-state index contributed by atoms with van der Waals surface area (Å²) in [5.41, 5.74) is 4.17. The smallest absolute Gasteiger partial charge is 0.173 e. The summed E-state index contributed by atoms with van der Waals surface area (Å²) in [5, 5.41) is 13.4. The van der Waals surface area contributed by atoms with Gasteiger partial charge in [-0.2, -0.15) is 5.10 Å². The van der Waals surface area contributed by atoms with Crippen LogP contribution in [0, 0.1) is 12.7 Å². The highest BCUT2D eigenvalue weighted by atomic mass is 32.1. The quantitative estimate of drug-likeness (QED) is 0.508. The minimum Gasteiger partial charge on any atom is -0.327 e. The molecule has 0 atom stereocenters. The fraction of sp³-hybridized carbons (Fsp3) is 0.0526. The number of fused-ring (bicyclic) bond motifs is 1. The van der Waals surface area contributed by atoms with E-state index < -0.39 is 0 Å². The van der Waals surface area contributed by atoms with Crippen LogP contribution in [0.3, 0.4) is 0 Å². The molecule has 0 saturated heterocycles. The highest BCUT2D eigenvalue weighted by molar-refractivity contribution is 7.19. The maximum absolute atomic E-state index is 13.8. The lowest BCUT2D eigenvalue weighted by atomic mass is 10.1. The summed E-state index contributed by atoms with van der Waals surface area (Å²) in [6.07, 6.45) is 3.43. The normalized spacial score (nSPS) is 11.3. The molecule has 0 aliphatic rings. The SMILES string of the molecule is Cc1nn2ccccc2c1-c1nc(-c2cccc(F)c2)c(-c2nnc[nH]2)s1. The number of hydrogen-bond donors (Lipinski definition) is 1. The second-order valence-electron chi connectivity index (χ2n) is 6.04. The van der Waals surface area contributed by atoms with E-state index in [0.29, 0.717) is 17.1 Å². The molecule has 4 aromatic heterocycles. The summed E-state index contributed by atoms with van der Waals surface area (Å²) in [4.78, 5) is 8.67. The molecular weight excluding hydrogens is 363 g/mol. The van der Waals surface area contributed by atoms with Gasteiger partial charge in [-0.25, -0.2) is 13.9 Å². The second kappa shape index (κ2) is 6.10. The van der Waals surface area contributed by atoms with Crippen LogP contribution in [0.4, 0.5) is 4.39 Å². The van der Waals surface area contributed by atoms with Crippen LogP contribution >= 0.6 is 11.3 Å². The number of nitrogens with zero attached hydrogens (tertiary/aromatic N) is 5. The van der Waals surface area contributed by atoms with Crippen molar-refractivity contribution in [3.63, 3.8) is 0 Å². The fourth-order valence-electron chi connectivity index (χ4n) is 3.12. The molecule has 1 N–H and O–H groups in total. The Hall–Kier alpha value is -3.39. The highest BCUT2D eigenvalue weighted by Gasteiger charge is 2.22. The molecule has 0 bridgehead atoms. The molecule has 6 nitrogen and oxygen atoms in total. The molecule has 8 heteroatoms. The standard InChI is InChI=1S/C19H13FN6S/c1-11-15(14-7-2-3-8-26(14)25-11)19-23-16(12-5-4-6-13(20)9-12)17(27-19)18-21-10-22-24-18/h2-10H,1H3,(H,21,22,24). The van der Waals surface area contributed by atoms with Crippen molar-refractivity contribution in [3.05, 3.63) is 66.5 Å². The predicted molar refractivity (Wildman–Crippen MR) is 102 cm³/mol. The molecule has 5 rings (SSSR count). The van der Waals surface area contributed by atoms with E-state index in [1.165, 1.54) is 29.8 Å². The first-order valence-electron chi connectivity index (χ1n) is 8.28. The Kier molecular flexibility index (Phi) is 3.58. The van der Waals surface area contributed by atoms with Gasteiger partial charge >= 0.3 is 0 Å². The van der Waals surface area contributed by atoms with Crippen LogP contribution in [0.5, 0.6) is 0 Å². The minimum absolute atomic E-state index is 0.308. The van der Waals surface area contributed by atoms with E-state index in [1.54, 1.807) is 6.07 Å². The number of rotatable bonds is 3. The molecule has 132 valence electrons. The van der Waals surface area contributed by atoms with Crippen LogP contribution < -0.4 is 0 Å². The van der Waals surface area contributed by atoms with Crippen molar-refractivity contribution in [2.75, 3.05) is 0 Å². The van der Waals surface area contributed by atoms with E-state index in [-0.39, 0.29) is 5.82 Å². The molecule has 0 amide bonds. The van der Waals surface area contributed by atoms with Crippen molar-refractivity contribution in [2.45, 2.75) is 6.92 Å². The Labute approximate surface area is 157 Å². The summed E-state index contributed by atoms with van der Waals surface area (Å²) in [6.45, 7) is 1.96. The Morgan fingerprint density at radius 3 is 2.89 bits per heavy atom. The summed E-state index contributed by atoms with van der Waals surface area (Å²) in [7, 11) is 0. The third-order valence-corrected chi connectivity index (χ3v) is 5.37. The van der Waals surface area contributed by atoms with Crippen LogP contribution in [0.25, 0.3) is 38.0 Å². The average Bonchev–Trinajstić information content (AvgIpc) is 3.38. The maximum Gasteiger partial charge on any atom is 0.173 e. The molecule has 0 fully saturated rings. The van der Waals surface area contributed by atoms with Crippen molar-refractivity contribution < 1.29 is 4.39 Å². The molecule has 4 heterocycles. The first-order valence-corrected chi connectivity index (χ1v) is 9.10. The fourth-order valence-corrected chi connectivity index (χ4v) is 4.26. The zero-order valence-corrected chi connectivity index (χ0v) is 15.0. The van der Waals surface area contributed by atoms with Gasteiger partial charge < -0.3 is 4.98 Å². The molecule has 5 aromatic rings. The van der Waals surface area contributed by atoms with Crippen molar-refractivity contribution in [3.8, 4) is 32.5 Å². The van der Waals surface area contributed by atoms with E-state index in [1.807, 2.05) is 41.9 Å². The third kappa shape index (κ3) is 2.61. The van der Waals surface area contributed by atoms with Gasteiger partial charge in [-0.1, -0.05) is 18.2 Å². The molecular formula is C19H13FN6S. The number of aromatic nitrogens is 6. The number of halogens is 1. The van der Waals surface area contributed by atoms with Gasteiger partial charge in [0.1, 0.15) is 22.0 Å². The number of hydrogen-bond acceptors (Lipinski definition) is 5. The molecule has 1 aromatic carbocycles. The van der Waals surface area contributed by atoms with E-state index in [9.17, 15) is 4.39 Å². The number of benzene rings is 1. The van der Waals surface area contributed by atoms with E-state index in [4.69, 9.17) is 4.98 Å². The summed E-state index contributed by atoms with van der Waals surface area (Å²) in [6, 6.07) is 12.3. The third-order valence-electron chi connectivity index (χ3n) is 4.29. The molecule has 27 heavy (non-hydrogen) atoms. The predicted octanol–water partition coefficient (Wildman–Crippen LogP) is 4.36. The lowest BCUT2D eigenvalue weighted by Crippen LogP contribution is -1.86. The molecule has 0 aliphatic carbocycles. The van der Waals surface area contributed by atoms with Crippen LogP contribution in [0.2, 0.25) is 0 Å². The number of aryl methyl sites for hydroxylation is 1. The molecule has 0 aliphatic heterocycles. The van der Waals surface area contributed by atoms with Gasteiger partial charge in [0.05, 0.1) is 22.5 Å². The van der Waals surface area contributed by atoms with Crippen molar-refractivity contribution >= 4 is 16.9 Å². The average molecular weight is 376 g/mol. The first-order chi connectivity index (χ1) is 13.2. The van der Waals surface area contributed by atoms with Crippen molar-refractivity contribution in [1.29, 1.82) is 0 Å². The monoisotopic (exact) mass is 376 g/mol. The van der Waals surface area contributed by atoms with Crippen LogP contribution in [0.1, 0.15) is 5.69 Å². The van der Waals surface area contributed by atoms with Gasteiger partial charge in [0.15, 0.2) is 5.82 Å². The van der Waals surface area contributed by atoms with Gasteiger partial charge in [0.2, 0.25) is 0 Å². The summed E-state index contributed by atoms with van der Waals surface area (Å²) < 4.78 is 15.6. The van der Waals surface area contributed by atoms with E-state index >= 15 is 0 Å². The van der Waals surface area contributed by atoms with Crippen LogP contribution in [-0.2, 0) is 0 Å². The summed E-state index contributed by atoms with van der Waals surface area (Å²) >= 11 is 1.48. The number of H-pyrrole nitrogens is 1. The van der Waals surface area contributed by atoms with Gasteiger partial charge in [-0.15, -0.1) is 21.5 Å². The molecule has 0 spiro atoms. The second-order valence-corrected chi connectivity index (χ2v) is 7.03. The Morgan fingerprint density at radius 1 is 1.15 bits per heavy atom. The lowest BCUT2D eigenvalue weighted by molar-refractivity contribution is 0.628. The van der Waals surface area contributed by atoms with Crippen LogP contribution in [0.15, 0.2) is 55.0 Å². The van der Waals surface area contributed by atoms with Crippen LogP contribution in [-0.4, -0.2) is 29.8 Å². The lowest BCUT2D eigenvalue weighted by Gasteiger charge is -2.00. The minimum atomic E-state index is -0.308. The largest absolute Gasteiger partial charge is 0.327 e. The number of aromatic amines is 1. The van der Waals surface area contributed by atoms with Gasteiger partial charge in [0.25, 0.3) is 0 Å². The number of pyridine rings is 1. The molecule has 0 saturated carbocycles. The van der Waals surface area contributed by atoms with E-state index in [2.05, 4.69) is 20.3 Å². The first kappa shape index (κ1) is 15.8. The van der Waals surface area contributed by atoms with Gasteiger partial charge in [-0.3, -0.25) is 0 Å². The Morgan fingerprint density at radius 2 is 2.07 bits per heavy atom. The zero-order chi connectivity index (χ0) is 18.4. The van der Waals surface area contributed by atoms with Crippen molar-refractivity contribution in [1.82, 2.24) is 29.8 Å². The van der Waals surface area contributed by atoms with Gasteiger partial charge in [-0.05, 0) is 31.2 Å². The van der Waals surface area contributed by atoms with Gasteiger partial charge in [0, 0.05) is 11.8 Å². The summed E-state index contributed by atoms with van der Waals surface area (Å²) in [5.74, 6) is 0.296. The Bertz CT molecular complexity index is 1250. The Balaban J connectivity index is 1.77. The van der Waals surface area contributed by atoms with Crippen molar-refractivity contribution in [2.24, 2.45) is 0 Å². The zero-order valence-electron chi connectivity index (χ0n) is 14.2. The topological polar surface area (TPSA) is 71.8 Å². The maximum atomic E-state index is 13.8.